The Morgan fingerprint density at radius 1 is 0.955 bits per heavy atom. The lowest BCUT2D eigenvalue weighted by Gasteiger charge is -2.03. The van der Waals surface area contributed by atoms with Crippen LogP contribution < -0.4 is 0 Å². The van der Waals surface area contributed by atoms with Crippen LogP contribution in [0.2, 0.25) is 0 Å². The van der Waals surface area contributed by atoms with E-state index in [1.807, 2.05) is 19.9 Å². The highest BCUT2D eigenvalue weighted by molar-refractivity contribution is 7.98. The molecule has 0 bridgehead atoms. The van der Waals surface area contributed by atoms with Crippen LogP contribution >= 0.6 is 11.8 Å². The van der Waals surface area contributed by atoms with Gasteiger partial charge in [-0.2, -0.15) is 0 Å². The summed E-state index contributed by atoms with van der Waals surface area (Å²) in [4.78, 5) is 1.21. The van der Waals surface area contributed by atoms with Crippen molar-refractivity contribution in [2.45, 2.75) is 38.3 Å². The Morgan fingerprint density at radius 2 is 1.77 bits per heavy atom. The van der Waals surface area contributed by atoms with Crippen molar-refractivity contribution < 1.29 is 8.83 Å². The molecule has 0 aliphatic rings. The summed E-state index contributed by atoms with van der Waals surface area (Å²) >= 11 is 1.69. The minimum Gasteiger partial charge on any atom is -0.466 e. The van der Waals surface area contributed by atoms with Gasteiger partial charge in [-0.25, -0.2) is 0 Å². The summed E-state index contributed by atoms with van der Waals surface area (Å²) in [6.07, 6.45) is 0. The Labute approximate surface area is 133 Å². The fraction of sp³-hybridized carbons (Fsp3) is 0.294. The van der Waals surface area contributed by atoms with Crippen molar-refractivity contribution in [1.29, 1.82) is 0 Å². The molecule has 0 saturated carbocycles. The highest BCUT2D eigenvalue weighted by Crippen LogP contribution is 2.28. The van der Waals surface area contributed by atoms with Gasteiger partial charge in [0.25, 0.3) is 5.89 Å². The Hall–Kier alpha value is -2.01. The van der Waals surface area contributed by atoms with Gasteiger partial charge in [0, 0.05) is 4.90 Å². The second-order valence-electron chi connectivity index (χ2n) is 5.36. The number of aromatic nitrogens is 2. The molecule has 0 unspecified atom stereocenters. The molecular formula is C17H18N2O2S. The number of furan rings is 1. The molecule has 0 aliphatic heterocycles. The predicted molar refractivity (Wildman–Crippen MR) is 87.0 cm³/mol. The van der Waals surface area contributed by atoms with Gasteiger partial charge in [-0.1, -0.05) is 6.07 Å². The van der Waals surface area contributed by atoms with Gasteiger partial charge in [0.05, 0.1) is 11.3 Å². The van der Waals surface area contributed by atoms with Crippen molar-refractivity contribution in [3.8, 4) is 11.5 Å². The van der Waals surface area contributed by atoms with Crippen LogP contribution in [0.15, 0.2) is 38.0 Å². The topological polar surface area (TPSA) is 52.1 Å². The van der Waals surface area contributed by atoms with Gasteiger partial charge in [-0.3, -0.25) is 0 Å². The monoisotopic (exact) mass is 314 g/mol. The molecule has 3 rings (SSSR count). The van der Waals surface area contributed by atoms with E-state index in [1.54, 1.807) is 11.8 Å². The first-order valence-electron chi connectivity index (χ1n) is 7.13. The first kappa shape index (κ1) is 14.9. The summed E-state index contributed by atoms with van der Waals surface area (Å²) in [5.74, 6) is 3.44. The summed E-state index contributed by atoms with van der Waals surface area (Å²) in [5.41, 5.74) is 3.46. The Kier molecular flexibility index (Phi) is 4.07. The maximum Gasteiger partial charge on any atom is 0.251 e. The van der Waals surface area contributed by atoms with E-state index in [4.69, 9.17) is 8.83 Å². The number of benzene rings is 1. The molecule has 1 aromatic carbocycles. The van der Waals surface area contributed by atoms with E-state index in [1.165, 1.54) is 16.0 Å². The number of hydrogen-bond acceptors (Lipinski definition) is 5. The van der Waals surface area contributed by atoms with Gasteiger partial charge in [0.2, 0.25) is 5.89 Å². The van der Waals surface area contributed by atoms with Crippen molar-refractivity contribution >= 4 is 11.8 Å². The van der Waals surface area contributed by atoms with Crippen molar-refractivity contribution in [3.63, 3.8) is 0 Å². The zero-order valence-corrected chi connectivity index (χ0v) is 14.0. The maximum atomic E-state index is 5.74. The van der Waals surface area contributed by atoms with E-state index in [0.29, 0.717) is 17.5 Å². The van der Waals surface area contributed by atoms with Crippen LogP contribution in [0, 0.1) is 27.7 Å². The van der Waals surface area contributed by atoms with Crippen LogP contribution in [-0.4, -0.2) is 10.2 Å². The normalized spacial score (nSPS) is 11.1. The molecule has 114 valence electrons. The number of rotatable bonds is 4. The maximum absolute atomic E-state index is 5.74. The van der Waals surface area contributed by atoms with Gasteiger partial charge in [0.15, 0.2) is 0 Å². The van der Waals surface area contributed by atoms with Crippen molar-refractivity contribution in [1.82, 2.24) is 10.2 Å². The molecule has 0 N–H and O–H groups in total. The van der Waals surface area contributed by atoms with Gasteiger partial charge in [-0.15, -0.1) is 22.0 Å². The molecule has 0 radical (unpaired) electrons. The third-order valence-electron chi connectivity index (χ3n) is 3.58. The standard InChI is InChI=1S/C17H18N2O2S/c1-10-5-6-14(7-11(10)2)22-9-16-18-19-17(21-16)15-8-12(3)20-13(15)4/h5-8H,9H2,1-4H3. The van der Waals surface area contributed by atoms with E-state index in [2.05, 4.69) is 42.2 Å². The quantitative estimate of drug-likeness (QED) is 0.644. The van der Waals surface area contributed by atoms with Crippen LogP contribution in [-0.2, 0) is 5.75 Å². The Balaban J connectivity index is 1.72. The molecule has 0 saturated heterocycles. The molecule has 2 aromatic heterocycles. The lowest BCUT2D eigenvalue weighted by Crippen LogP contribution is -1.83. The molecular weight excluding hydrogens is 296 g/mol. The van der Waals surface area contributed by atoms with Gasteiger partial charge in [0.1, 0.15) is 11.5 Å². The number of aryl methyl sites for hydroxylation is 4. The van der Waals surface area contributed by atoms with Crippen LogP contribution in [0.4, 0.5) is 0 Å². The Morgan fingerprint density at radius 3 is 2.45 bits per heavy atom. The van der Waals surface area contributed by atoms with Crippen LogP contribution in [0.25, 0.3) is 11.5 Å². The highest BCUT2D eigenvalue weighted by Gasteiger charge is 2.14. The third-order valence-corrected chi connectivity index (χ3v) is 4.56. The number of hydrogen-bond donors (Lipinski definition) is 0. The molecule has 3 aromatic rings. The fourth-order valence-electron chi connectivity index (χ4n) is 2.21. The molecule has 0 fully saturated rings. The van der Waals surface area contributed by atoms with Crippen molar-refractivity contribution in [3.05, 3.63) is 52.8 Å². The molecule has 0 aliphatic carbocycles. The molecule has 0 amide bonds. The van der Waals surface area contributed by atoms with Crippen LogP contribution in [0.1, 0.15) is 28.5 Å². The first-order chi connectivity index (χ1) is 10.5. The van der Waals surface area contributed by atoms with E-state index in [0.717, 1.165) is 17.1 Å². The molecule has 0 atom stereocenters. The largest absolute Gasteiger partial charge is 0.466 e. The minimum atomic E-state index is 0.519. The SMILES string of the molecule is Cc1cc(-c2nnc(CSc3ccc(C)c(C)c3)o2)c(C)o1. The molecule has 0 spiro atoms. The van der Waals surface area contributed by atoms with Crippen molar-refractivity contribution in [2.75, 3.05) is 0 Å². The number of thioether (sulfide) groups is 1. The minimum absolute atomic E-state index is 0.519. The number of nitrogens with zero attached hydrogens (tertiary/aromatic N) is 2. The van der Waals surface area contributed by atoms with Crippen LogP contribution in [0.5, 0.6) is 0 Å². The zero-order chi connectivity index (χ0) is 15.7. The van der Waals surface area contributed by atoms with Crippen LogP contribution in [0.3, 0.4) is 0 Å². The Bertz CT molecular complexity index is 805. The zero-order valence-electron chi connectivity index (χ0n) is 13.1. The van der Waals surface area contributed by atoms with E-state index in [-0.39, 0.29) is 0 Å². The lowest BCUT2D eigenvalue weighted by molar-refractivity contribution is 0.499. The summed E-state index contributed by atoms with van der Waals surface area (Å²) < 4.78 is 11.2. The summed E-state index contributed by atoms with van der Waals surface area (Å²) in [5, 5.41) is 8.23. The van der Waals surface area contributed by atoms with Gasteiger partial charge < -0.3 is 8.83 Å². The average molecular weight is 314 g/mol. The van der Waals surface area contributed by atoms with Gasteiger partial charge >= 0.3 is 0 Å². The average Bonchev–Trinajstić information content (AvgIpc) is 3.06. The first-order valence-corrected chi connectivity index (χ1v) is 8.11. The molecule has 4 nitrogen and oxygen atoms in total. The second-order valence-corrected chi connectivity index (χ2v) is 6.41. The highest BCUT2D eigenvalue weighted by atomic mass is 32.2. The summed E-state index contributed by atoms with van der Waals surface area (Å²) in [6.45, 7) is 8.04. The molecule has 5 heteroatoms. The van der Waals surface area contributed by atoms with E-state index >= 15 is 0 Å². The smallest absolute Gasteiger partial charge is 0.251 e. The summed E-state index contributed by atoms with van der Waals surface area (Å²) in [7, 11) is 0. The lowest BCUT2D eigenvalue weighted by atomic mass is 10.1. The fourth-order valence-corrected chi connectivity index (χ4v) is 3.04. The predicted octanol–water partition coefficient (Wildman–Crippen LogP) is 4.86. The van der Waals surface area contributed by atoms with Gasteiger partial charge in [-0.05, 0) is 57.0 Å². The third kappa shape index (κ3) is 3.09. The van der Waals surface area contributed by atoms with E-state index in [9.17, 15) is 0 Å². The van der Waals surface area contributed by atoms with Crippen molar-refractivity contribution in [2.24, 2.45) is 0 Å². The summed E-state index contributed by atoms with van der Waals surface area (Å²) in [6, 6.07) is 8.35. The van der Waals surface area contributed by atoms with E-state index < -0.39 is 0 Å². The molecule has 2 heterocycles. The molecule has 22 heavy (non-hydrogen) atoms. The second kappa shape index (κ2) is 6.01.